The van der Waals surface area contributed by atoms with Crippen LogP contribution < -0.4 is 5.32 Å². The maximum absolute atomic E-state index is 12.2. The van der Waals surface area contributed by atoms with Gasteiger partial charge in [0.25, 0.3) is 5.91 Å². The summed E-state index contributed by atoms with van der Waals surface area (Å²) in [5.74, 6) is -0.466. The van der Waals surface area contributed by atoms with Gasteiger partial charge in [-0.3, -0.25) is 14.9 Å². The van der Waals surface area contributed by atoms with Crippen LogP contribution in [0.2, 0.25) is 0 Å². The van der Waals surface area contributed by atoms with Gasteiger partial charge in [0.2, 0.25) is 0 Å². The summed E-state index contributed by atoms with van der Waals surface area (Å²) in [5, 5.41) is 22.6. The molecule has 0 bridgehead atoms. The molecule has 0 unspecified atom stereocenters. The van der Waals surface area contributed by atoms with Crippen molar-refractivity contribution in [2.24, 2.45) is 0 Å². The van der Waals surface area contributed by atoms with Crippen molar-refractivity contribution >= 4 is 17.3 Å². The first-order chi connectivity index (χ1) is 9.52. The van der Waals surface area contributed by atoms with Gasteiger partial charge in [-0.1, -0.05) is 6.07 Å². The number of nitro benzene ring substituents is 1. The summed E-state index contributed by atoms with van der Waals surface area (Å²) in [6.45, 7) is 2.57. The van der Waals surface area contributed by atoms with Crippen LogP contribution in [0.3, 0.4) is 0 Å². The van der Waals surface area contributed by atoms with Gasteiger partial charge in [0.15, 0.2) is 0 Å². The first-order valence-electron chi connectivity index (χ1n) is 6.16. The van der Waals surface area contributed by atoms with Crippen LogP contribution in [0.1, 0.15) is 23.7 Å². The van der Waals surface area contributed by atoms with Gasteiger partial charge < -0.3 is 10.2 Å². The van der Waals surface area contributed by atoms with E-state index in [1.54, 1.807) is 12.1 Å². The van der Waals surface area contributed by atoms with Crippen LogP contribution in [0.15, 0.2) is 18.2 Å². The normalized spacial score (nSPS) is 9.65. The van der Waals surface area contributed by atoms with Gasteiger partial charge in [0.1, 0.15) is 11.3 Å². The van der Waals surface area contributed by atoms with Crippen molar-refractivity contribution in [1.29, 1.82) is 5.26 Å². The molecule has 7 heteroatoms. The van der Waals surface area contributed by atoms with Crippen molar-refractivity contribution in [3.63, 3.8) is 0 Å². The molecule has 1 N–H and O–H groups in total. The summed E-state index contributed by atoms with van der Waals surface area (Å²) in [5.41, 5.74) is 0.106. The minimum atomic E-state index is -0.566. The molecule has 0 saturated heterocycles. The summed E-state index contributed by atoms with van der Waals surface area (Å²) in [6.07, 6.45) is 0.183. The number of nitrogens with one attached hydrogen (secondary N) is 1. The highest BCUT2D eigenvalue weighted by atomic mass is 16.6. The molecule has 0 saturated carbocycles. The number of rotatable bonds is 6. The fourth-order valence-corrected chi connectivity index (χ4v) is 1.77. The molecular formula is C13H16N4O3. The topological polar surface area (TPSA) is 99.3 Å². The molecule has 106 valence electrons. The molecule has 1 aromatic rings. The van der Waals surface area contributed by atoms with E-state index in [9.17, 15) is 14.9 Å². The smallest absolute Gasteiger partial charge is 0.305 e. The number of benzene rings is 1. The van der Waals surface area contributed by atoms with Gasteiger partial charge in [0.05, 0.1) is 17.4 Å². The molecule has 0 heterocycles. The predicted octanol–water partition coefficient (Wildman–Crippen LogP) is 2.01. The molecule has 20 heavy (non-hydrogen) atoms. The summed E-state index contributed by atoms with van der Waals surface area (Å²) < 4.78 is 0. The molecule has 1 rings (SSSR count). The van der Waals surface area contributed by atoms with Crippen LogP contribution in [0.25, 0.3) is 0 Å². The third kappa shape index (κ3) is 3.45. The third-order valence-corrected chi connectivity index (χ3v) is 2.72. The number of nitro groups is 1. The average Bonchev–Trinajstić information content (AvgIpc) is 2.43. The first kappa shape index (κ1) is 15.4. The summed E-state index contributed by atoms with van der Waals surface area (Å²) in [7, 11) is 1.52. The van der Waals surface area contributed by atoms with E-state index in [0.29, 0.717) is 12.2 Å². The number of nitrogens with zero attached hydrogens (tertiary/aromatic N) is 3. The number of amides is 1. The Morgan fingerprint density at radius 3 is 2.80 bits per heavy atom. The molecule has 0 aliphatic rings. The fourth-order valence-electron chi connectivity index (χ4n) is 1.77. The van der Waals surface area contributed by atoms with Crippen molar-refractivity contribution in [2.45, 2.75) is 13.3 Å². The number of carbonyl (C=O) groups excluding carboxylic acids is 1. The van der Waals surface area contributed by atoms with Crippen molar-refractivity contribution in [1.82, 2.24) is 4.90 Å². The van der Waals surface area contributed by atoms with Gasteiger partial charge in [-0.05, 0) is 19.1 Å². The molecule has 0 aliphatic heterocycles. The van der Waals surface area contributed by atoms with E-state index in [0.717, 1.165) is 0 Å². The number of para-hydroxylation sites is 1. The lowest BCUT2D eigenvalue weighted by molar-refractivity contribution is -0.384. The van der Waals surface area contributed by atoms with E-state index < -0.39 is 10.8 Å². The zero-order valence-corrected chi connectivity index (χ0v) is 11.4. The quantitative estimate of drug-likeness (QED) is 0.633. The molecule has 0 aromatic heterocycles. The van der Waals surface area contributed by atoms with Gasteiger partial charge >= 0.3 is 5.69 Å². The molecule has 1 aromatic carbocycles. The molecule has 0 atom stereocenters. The number of nitriles is 1. The molecule has 1 amide bonds. The van der Waals surface area contributed by atoms with Crippen LogP contribution in [0, 0.1) is 21.4 Å². The van der Waals surface area contributed by atoms with Crippen molar-refractivity contribution < 1.29 is 9.72 Å². The fraction of sp³-hybridized carbons (Fsp3) is 0.385. The third-order valence-electron chi connectivity index (χ3n) is 2.72. The van der Waals surface area contributed by atoms with Crippen LogP contribution in [0.4, 0.5) is 11.4 Å². The van der Waals surface area contributed by atoms with Gasteiger partial charge in [0, 0.05) is 20.1 Å². The highest BCUT2D eigenvalue weighted by molar-refractivity contribution is 6.00. The van der Waals surface area contributed by atoms with Crippen LogP contribution >= 0.6 is 0 Å². The lowest BCUT2D eigenvalue weighted by Gasteiger charge is -2.16. The molecule has 0 radical (unpaired) electrons. The maximum Gasteiger partial charge on any atom is 0.305 e. The van der Waals surface area contributed by atoms with E-state index in [2.05, 4.69) is 5.32 Å². The van der Waals surface area contributed by atoms with E-state index in [1.165, 1.54) is 18.0 Å². The Balaban J connectivity index is 3.17. The summed E-state index contributed by atoms with van der Waals surface area (Å²) in [6, 6.07) is 6.51. The average molecular weight is 276 g/mol. The van der Waals surface area contributed by atoms with Gasteiger partial charge in [-0.15, -0.1) is 0 Å². The number of carbonyl (C=O) groups is 1. The highest BCUT2D eigenvalue weighted by Gasteiger charge is 2.26. The van der Waals surface area contributed by atoms with Crippen LogP contribution in [-0.2, 0) is 0 Å². The summed E-state index contributed by atoms with van der Waals surface area (Å²) in [4.78, 5) is 24.2. The first-order valence-corrected chi connectivity index (χ1v) is 6.16. The van der Waals surface area contributed by atoms with E-state index >= 15 is 0 Å². The lowest BCUT2D eigenvalue weighted by Crippen LogP contribution is -2.28. The monoisotopic (exact) mass is 276 g/mol. The summed E-state index contributed by atoms with van der Waals surface area (Å²) >= 11 is 0. The molecule has 7 nitrogen and oxygen atoms in total. The predicted molar refractivity (Wildman–Crippen MR) is 74.5 cm³/mol. The van der Waals surface area contributed by atoms with Crippen molar-refractivity contribution in [2.75, 3.05) is 25.5 Å². The lowest BCUT2D eigenvalue weighted by atomic mass is 10.1. The second-order valence-corrected chi connectivity index (χ2v) is 4.12. The van der Waals surface area contributed by atoms with E-state index in [4.69, 9.17) is 5.26 Å². The van der Waals surface area contributed by atoms with Crippen molar-refractivity contribution in [3.8, 4) is 6.07 Å². The van der Waals surface area contributed by atoms with Gasteiger partial charge in [-0.2, -0.15) is 5.26 Å². The molecule has 0 fully saturated rings. The standard InChI is InChI=1S/C13H16N4O3/c1-3-15-11-7-4-6-10(12(11)17(19)20)13(18)16(2)9-5-8-14/h4,6-7,15H,3,5,9H2,1-2H3. The minimum absolute atomic E-state index is 0.0221. The van der Waals surface area contributed by atoms with Crippen molar-refractivity contribution in [3.05, 3.63) is 33.9 Å². The molecule has 0 spiro atoms. The maximum atomic E-state index is 12.2. The van der Waals surface area contributed by atoms with Gasteiger partial charge in [-0.25, -0.2) is 0 Å². The molecule has 0 aliphatic carbocycles. The Hall–Kier alpha value is -2.62. The zero-order chi connectivity index (χ0) is 15.1. The second kappa shape index (κ2) is 7.09. The number of hydrogen-bond acceptors (Lipinski definition) is 5. The Morgan fingerprint density at radius 2 is 2.25 bits per heavy atom. The second-order valence-electron chi connectivity index (χ2n) is 4.12. The zero-order valence-electron chi connectivity index (χ0n) is 11.4. The Bertz CT molecular complexity index is 551. The highest BCUT2D eigenvalue weighted by Crippen LogP contribution is 2.29. The Kier molecular flexibility index (Phi) is 5.47. The Labute approximate surface area is 117 Å². The van der Waals surface area contributed by atoms with E-state index in [1.807, 2.05) is 13.0 Å². The number of hydrogen-bond donors (Lipinski definition) is 1. The molecular weight excluding hydrogens is 260 g/mol. The minimum Gasteiger partial charge on any atom is -0.380 e. The van der Waals surface area contributed by atoms with Crippen LogP contribution in [-0.4, -0.2) is 35.9 Å². The van der Waals surface area contributed by atoms with Crippen LogP contribution in [0.5, 0.6) is 0 Å². The largest absolute Gasteiger partial charge is 0.380 e. The SMILES string of the molecule is CCNc1cccc(C(=O)N(C)CCC#N)c1[N+](=O)[O-]. The Morgan fingerprint density at radius 1 is 1.55 bits per heavy atom. The van der Waals surface area contributed by atoms with E-state index in [-0.39, 0.29) is 24.2 Å². The number of anilines is 1.